The van der Waals surface area contributed by atoms with Gasteiger partial charge in [-0.1, -0.05) is 54.1 Å². The maximum atomic E-state index is 13.3. The summed E-state index contributed by atoms with van der Waals surface area (Å²) in [5.74, 6) is 0. The molecule has 4 rings (SSSR count). The Morgan fingerprint density at radius 3 is 2.40 bits per heavy atom. The lowest BCUT2D eigenvalue weighted by molar-refractivity contribution is 0.412. The number of hydrogen-bond acceptors (Lipinski definition) is 3. The first-order valence-electron chi connectivity index (χ1n) is 8.24. The van der Waals surface area contributed by atoms with Gasteiger partial charge in [-0.05, 0) is 30.5 Å². The van der Waals surface area contributed by atoms with Gasteiger partial charge in [0.05, 0.1) is 29.8 Å². The molecule has 0 radical (unpaired) electrons. The molecule has 0 spiro atoms. The van der Waals surface area contributed by atoms with Crippen LogP contribution in [-0.2, 0) is 14.8 Å². The van der Waals surface area contributed by atoms with Crippen LogP contribution in [0.4, 0.5) is 5.69 Å². The second-order valence-corrected chi connectivity index (χ2v) is 8.17. The number of ether oxygens (including phenoxy) is 1. The summed E-state index contributed by atoms with van der Waals surface area (Å²) >= 11 is 0. The Bertz CT molecular complexity index is 1000. The van der Waals surface area contributed by atoms with Crippen molar-refractivity contribution in [1.29, 1.82) is 0 Å². The highest BCUT2D eigenvalue weighted by molar-refractivity contribution is 7.92. The number of benzene rings is 3. The predicted molar refractivity (Wildman–Crippen MR) is 99.4 cm³/mol. The van der Waals surface area contributed by atoms with Gasteiger partial charge in [-0.2, -0.15) is 0 Å². The van der Waals surface area contributed by atoms with Crippen LogP contribution < -0.4 is 4.31 Å². The van der Waals surface area contributed by atoms with Gasteiger partial charge in [0.15, 0.2) is 0 Å². The zero-order valence-electron chi connectivity index (χ0n) is 13.9. The van der Waals surface area contributed by atoms with Gasteiger partial charge < -0.3 is 4.74 Å². The third-order valence-corrected chi connectivity index (χ3v) is 6.21. The summed E-state index contributed by atoms with van der Waals surface area (Å²) < 4.78 is 33.4. The Morgan fingerprint density at radius 1 is 1.00 bits per heavy atom. The Hall–Kier alpha value is -2.37. The third kappa shape index (κ3) is 3.13. The second kappa shape index (κ2) is 6.17. The molecular formula is C20H19NO3S. The molecule has 128 valence electrons. The van der Waals surface area contributed by atoms with Crippen molar-refractivity contribution in [2.45, 2.75) is 17.9 Å². The van der Waals surface area contributed by atoms with Gasteiger partial charge in [0.1, 0.15) is 0 Å². The average Bonchev–Trinajstić information content (AvgIpc) is 3.44. The number of sulfonamides is 1. The van der Waals surface area contributed by atoms with E-state index in [2.05, 4.69) is 0 Å². The van der Waals surface area contributed by atoms with Crippen LogP contribution in [0.1, 0.15) is 5.56 Å². The maximum Gasteiger partial charge on any atom is 0.264 e. The lowest BCUT2D eigenvalue weighted by Gasteiger charge is -2.25. The van der Waals surface area contributed by atoms with E-state index in [1.165, 1.54) is 4.31 Å². The van der Waals surface area contributed by atoms with Crippen LogP contribution in [0.2, 0.25) is 0 Å². The predicted octanol–water partition coefficient (Wildman–Crippen LogP) is 3.74. The van der Waals surface area contributed by atoms with Crippen molar-refractivity contribution < 1.29 is 13.2 Å². The van der Waals surface area contributed by atoms with Gasteiger partial charge in [-0.15, -0.1) is 0 Å². The normalized spacial score (nSPS) is 16.8. The molecule has 0 saturated carbocycles. The van der Waals surface area contributed by atoms with Crippen LogP contribution in [0.15, 0.2) is 71.6 Å². The molecule has 1 fully saturated rings. The van der Waals surface area contributed by atoms with E-state index >= 15 is 0 Å². The highest BCUT2D eigenvalue weighted by Crippen LogP contribution is 2.32. The molecule has 0 N–H and O–H groups in total. The fraction of sp³-hybridized carbons (Fsp3) is 0.200. The molecule has 0 aliphatic carbocycles. The van der Waals surface area contributed by atoms with Gasteiger partial charge in [0.25, 0.3) is 10.0 Å². The zero-order chi connectivity index (χ0) is 17.4. The number of anilines is 1. The highest BCUT2D eigenvalue weighted by Gasteiger charge is 2.33. The number of rotatable bonds is 5. The smallest absolute Gasteiger partial charge is 0.264 e. The summed E-state index contributed by atoms with van der Waals surface area (Å²) in [6.45, 7) is 2.87. The van der Waals surface area contributed by atoms with Crippen molar-refractivity contribution in [1.82, 2.24) is 0 Å². The summed E-state index contributed by atoms with van der Waals surface area (Å²) in [5, 5.41) is 1.93. The van der Waals surface area contributed by atoms with Gasteiger partial charge in [0, 0.05) is 5.39 Å². The number of fused-ring (bicyclic) bond motifs is 1. The second-order valence-electron chi connectivity index (χ2n) is 6.30. The molecule has 25 heavy (non-hydrogen) atoms. The number of epoxide rings is 1. The van der Waals surface area contributed by atoms with E-state index in [1.54, 1.807) is 12.1 Å². The molecule has 0 bridgehead atoms. The Kier molecular flexibility index (Phi) is 3.98. The van der Waals surface area contributed by atoms with Gasteiger partial charge in [-0.25, -0.2) is 8.42 Å². The lowest BCUT2D eigenvalue weighted by Crippen LogP contribution is -2.34. The molecule has 0 amide bonds. The topological polar surface area (TPSA) is 49.9 Å². The first-order chi connectivity index (χ1) is 12.1. The van der Waals surface area contributed by atoms with Crippen LogP contribution in [0.5, 0.6) is 0 Å². The molecule has 1 aliphatic rings. The molecule has 1 aliphatic heterocycles. The molecule has 1 heterocycles. The van der Waals surface area contributed by atoms with Crippen molar-refractivity contribution in [2.24, 2.45) is 0 Å². The largest absolute Gasteiger partial charge is 0.371 e. The molecule has 3 aromatic rings. The van der Waals surface area contributed by atoms with Crippen LogP contribution in [0, 0.1) is 6.92 Å². The fourth-order valence-corrected chi connectivity index (χ4v) is 4.46. The number of hydrogen-bond donors (Lipinski definition) is 0. The van der Waals surface area contributed by atoms with E-state index in [9.17, 15) is 8.42 Å². The SMILES string of the molecule is Cc1ccc(S(=O)(=O)N(CC2CO2)c2cccc3ccccc23)cc1. The average molecular weight is 353 g/mol. The number of aryl methyl sites for hydroxylation is 1. The van der Waals surface area contributed by atoms with E-state index in [4.69, 9.17) is 4.74 Å². The number of nitrogens with zero attached hydrogens (tertiary/aromatic N) is 1. The van der Waals surface area contributed by atoms with Crippen molar-refractivity contribution in [3.63, 3.8) is 0 Å². The molecular weight excluding hydrogens is 334 g/mol. The van der Waals surface area contributed by atoms with Crippen LogP contribution >= 0.6 is 0 Å². The van der Waals surface area contributed by atoms with Gasteiger partial charge in [0.2, 0.25) is 0 Å². The van der Waals surface area contributed by atoms with E-state index in [0.29, 0.717) is 23.7 Å². The van der Waals surface area contributed by atoms with Crippen LogP contribution in [-0.4, -0.2) is 27.7 Å². The minimum atomic E-state index is -3.66. The molecule has 1 atom stereocenters. The first-order valence-corrected chi connectivity index (χ1v) is 9.68. The summed E-state index contributed by atoms with van der Waals surface area (Å²) in [7, 11) is -3.66. The highest BCUT2D eigenvalue weighted by atomic mass is 32.2. The molecule has 5 heteroatoms. The van der Waals surface area contributed by atoms with Crippen molar-refractivity contribution in [2.75, 3.05) is 17.5 Å². The Balaban J connectivity index is 1.86. The Labute approximate surface area is 147 Å². The summed E-state index contributed by atoms with van der Waals surface area (Å²) in [6, 6.07) is 20.5. The summed E-state index contributed by atoms with van der Waals surface area (Å²) in [5.41, 5.74) is 1.72. The monoisotopic (exact) mass is 353 g/mol. The zero-order valence-corrected chi connectivity index (χ0v) is 14.7. The lowest BCUT2D eigenvalue weighted by atomic mass is 10.1. The molecule has 1 unspecified atom stereocenters. The molecule has 4 nitrogen and oxygen atoms in total. The van der Waals surface area contributed by atoms with Crippen molar-refractivity contribution >= 4 is 26.5 Å². The van der Waals surface area contributed by atoms with Crippen LogP contribution in [0.25, 0.3) is 10.8 Å². The fourth-order valence-electron chi connectivity index (χ4n) is 2.95. The van der Waals surface area contributed by atoms with Crippen molar-refractivity contribution in [3.8, 4) is 0 Å². The minimum Gasteiger partial charge on any atom is -0.371 e. The van der Waals surface area contributed by atoms with Gasteiger partial charge >= 0.3 is 0 Å². The van der Waals surface area contributed by atoms with Gasteiger partial charge in [-0.3, -0.25) is 4.31 Å². The van der Waals surface area contributed by atoms with E-state index in [0.717, 1.165) is 16.3 Å². The molecule has 3 aromatic carbocycles. The maximum absolute atomic E-state index is 13.3. The summed E-state index contributed by atoms with van der Waals surface area (Å²) in [6.07, 6.45) is -0.0424. The molecule has 1 saturated heterocycles. The van der Waals surface area contributed by atoms with E-state index in [1.807, 2.05) is 61.5 Å². The third-order valence-electron chi connectivity index (χ3n) is 4.42. The van der Waals surface area contributed by atoms with E-state index < -0.39 is 10.0 Å². The van der Waals surface area contributed by atoms with Crippen molar-refractivity contribution in [3.05, 3.63) is 72.3 Å². The van der Waals surface area contributed by atoms with Crippen LogP contribution in [0.3, 0.4) is 0 Å². The standard InChI is InChI=1S/C20H19NO3S/c1-15-9-11-18(12-10-15)25(22,23)21(13-17-14-24-17)20-8-4-6-16-5-2-3-7-19(16)20/h2-12,17H,13-14H2,1H3. The van der Waals surface area contributed by atoms with E-state index in [-0.39, 0.29) is 6.10 Å². The Morgan fingerprint density at radius 2 is 1.68 bits per heavy atom. The molecule has 0 aromatic heterocycles. The first kappa shape index (κ1) is 16.1. The quantitative estimate of drug-likeness (QED) is 0.657. The summed E-state index contributed by atoms with van der Waals surface area (Å²) in [4.78, 5) is 0.298. The minimum absolute atomic E-state index is 0.0424.